The molecule has 0 unspecified atom stereocenters. The second-order valence-corrected chi connectivity index (χ2v) is 5.93. The Bertz CT molecular complexity index is 900. The van der Waals surface area contributed by atoms with E-state index in [0.717, 1.165) is 6.42 Å². The van der Waals surface area contributed by atoms with Gasteiger partial charge in [0.2, 0.25) is 0 Å². The molecule has 3 aliphatic rings. The Morgan fingerprint density at radius 1 is 0.900 bits per heavy atom. The predicted molar refractivity (Wildman–Crippen MR) is 83.7 cm³/mol. The molecule has 0 spiro atoms. The Kier molecular flexibility index (Phi) is 1.96. The molecule has 2 aromatic rings. The fourth-order valence-electron chi connectivity index (χ4n) is 3.78. The van der Waals surface area contributed by atoms with Gasteiger partial charge in [-0.1, -0.05) is 24.3 Å². The molecule has 0 bridgehead atoms. The van der Waals surface area contributed by atoms with E-state index in [0.29, 0.717) is 0 Å². The minimum Gasteiger partial charge on any atom is -0.252 e. The van der Waals surface area contributed by atoms with Crippen LogP contribution in [0.15, 0.2) is 41.4 Å². The molecular weight excluding hydrogens is 242 g/mol. The summed E-state index contributed by atoms with van der Waals surface area (Å²) in [6.07, 6.45) is 7.27. The van der Waals surface area contributed by atoms with Gasteiger partial charge in [-0.05, 0) is 71.4 Å². The van der Waals surface area contributed by atoms with Crippen molar-refractivity contribution < 1.29 is 0 Å². The van der Waals surface area contributed by atoms with Gasteiger partial charge in [0.15, 0.2) is 0 Å². The number of hydrogen-bond acceptors (Lipinski definition) is 1. The summed E-state index contributed by atoms with van der Waals surface area (Å²) in [7, 11) is 0. The van der Waals surface area contributed by atoms with Crippen molar-refractivity contribution in [2.45, 2.75) is 25.7 Å². The summed E-state index contributed by atoms with van der Waals surface area (Å²) in [6, 6.07) is 13.3. The first-order valence-electron chi connectivity index (χ1n) is 7.46. The molecule has 1 heterocycles. The fourth-order valence-corrected chi connectivity index (χ4v) is 3.78. The molecule has 1 saturated carbocycles. The van der Waals surface area contributed by atoms with Crippen LogP contribution in [0, 0.1) is 0 Å². The molecule has 0 saturated heterocycles. The van der Waals surface area contributed by atoms with E-state index in [-0.39, 0.29) is 0 Å². The van der Waals surface area contributed by atoms with Crippen molar-refractivity contribution in [3.05, 3.63) is 52.4 Å². The zero-order valence-corrected chi connectivity index (χ0v) is 11.3. The quantitative estimate of drug-likeness (QED) is 0.586. The van der Waals surface area contributed by atoms with Crippen molar-refractivity contribution in [1.82, 2.24) is 0 Å². The lowest BCUT2D eigenvalue weighted by Crippen LogP contribution is -2.14. The summed E-state index contributed by atoms with van der Waals surface area (Å²) >= 11 is 0. The average molecular weight is 257 g/mol. The van der Waals surface area contributed by atoms with Crippen LogP contribution in [-0.4, -0.2) is 5.71 Å². The summed E-state index contributed by atoms with van der Waals surface area (Å²) in [6.45, 7) is 0. The third-order valence-electron chi connectivity index (χ3n) is 4.75. The maximum absolute atomic E-state index is 4.87. The molecule has 2 aromatic carbocycles. The zero-order valence-electron chi connectivity index (χ0n) is 11.3. The van der Waals surface area contributed by atoms with Crippen LogP contribution in [-0.2, 0) is 0 Å². The molecular formula is C19H15N. The first-order valence-corrected chi connectivity index (χ1v) is 7.46. The van der Waals surface area contributed by atoms with Gasteiger partial charge < -0.3 is 0 Å². The smallest absolute Gasteiger partial charge is 0.0715 e. The number of hydrogen-bond donors (Lipinski definition) is 0. The molecule has 0 amide bonds. The summed E-state index contributed by atoms with van der Waals surface area (Å²) in [5.74, 6) is 0. The second kappa shape index (κ2) is 3.69. The molecule has 5 rings (SSSR count). The monoisotopic (exact) mass is 257 g/mol. The minimum atomic E-state index is 1.16. The second-order valence-electron chi connectivity index (χ2n) is 5.93. The van der Waals surface area contributed by atoms with E-state index in [1.54, 1.807) is 0 Å². The highest BCUT2D eigenvalue weighted by molar-refractivity contribution is 6.22. The largest absolute Gasteiger partial charge is 0.252 e. The standard InChI is InChI=1S/C19H15N/c1-2-6-14-12(5-1)9-13-10-19-17(11-16(13)14)15-7-3-4-8-18(15)20-19/h1-2,5-6,9-11H,3-4,7-8H2. The van der Waals surface area contributed by atoms with Crippen molar-refractivity contribution in [1.29, 1.82) is 0 Å². The van der Waals surface area contributed by atoms with Crippen molar-refractivity contribution in [2.24, 2.45) is 4.99 Å². The van der Waals surface area contributed by atoms with Crippen LogP contribution in [0.2, 0.25) is 0 Å². The maximum Gasteiger partial charge on any atom is 0.0715 e. The molecule has 0 aromatic heterocycles. The third kappa shape index (κ3) is 1.30. The predicted octanol–water partition coefficient (Wildman–Crippen LogP) is 3.31. The zero-order chi connectivity index (χ0) is 13.1. The summed E-state index contributed by atoms with van der Waals surface area (Å²) < 4.78 is 0. The highest BCUT2D eigenvalue weighted by Gasteiger charge is 2.22. The highest BCUT2D eigenvalue weighted by Crippen LogP contribution is 2.31. The number of aliphatic imine (C=N–C) groups is 1. The van der Waals surface area contributed by atoms with Crippen LogP contribution >= 0.6 is 0 Å². The number of benzene rings is 2. The SMILES string of the molecule is C1=c2cc3c(cc2-c2ccccc21)=C1CCCCC1=N3. The molecule has 1 fully saturated rings. The Morgan fingerprint density at radius 3 is 2.80 bits per heavy atom. The summed E-state index contributed by atoms with van der Waals surface area (Å²) in [4.78, 5) is 4.87. The Hall–Kier alpha value is -2.15. The summed E-state index contributed by atoms with van der Waals surface area (Å²) in [5, 5.41) is 2.72. The van der Waals surface area contributed by atoms with Gasteiger partial charge in [-0.25, -0.2) is 0 Å². The first-order chi connectivity index (χ1) is 9.90. The Morgan fingerprint density at radius 2 is 1.80 bits per heavy atom. The van der Waals surface area contributed by atoms with Gasteiger partial charge in [0.1, 0.15) is 0 Å². The van der Waals surface area contributed by atoms with E-state index in [1.165, 1.54) is 63.4 Å². The number of rotatable bonds is 0. The van der Waals surface area contributed by atoms with Crippen molar-refractivity contribution in [2.75, 3.05) is 0 Å². The lowest BCUT2D eigenvalue weighted by molar-refractivity contribution is 0.765. The van der Waals surface area contributed by atoms with Gasteiger partial charge in [0.05, 0.1) is 5.69 Å². The molecule has 96 valence electrons. The molecule has 1 nitrogen and oxygen atoms in total. The van der Waals surface area contributed by atoms with Crippen LogP contribution in [0.25, 0.3) is 22.8 Å². The number of nitrogens with zero attached hydrogens (tertiary/aromatic N) is 1. The van der Waals surface area contributed by atoms with Gasteiger partial charge in [-0.15, -0.1) is 0 Å². The molecule has 0 N–H and O–H groups in total. The van der Waals surface area contributed by atoms with Crippen LogP contribution < -0.4 is 10.4 Å². The Balaban J connectivity index is 1.84. The molecule has 0 atom stereocenters. The summed E-state index contributed by atoms with van der Waals surface area (Å²) in [5.41, 5.74) is 8.15. The topological polar surface area (TPSA) is 12.4 Å². The van der Waals surface area contributed by atoms with Gasteiger partial charge in [-0.2, -0.15) is 0 Å². The van der Waals surface area contributed by atoms with Crippen LogP contribution in [0.1, 0.15) is 31.2 Å². The fraction of sp³-hybridized carbons (Fsp3) is 0.211. The van der Waals surface area contributed by atoms with Gasteiger partial charge in [0.25, 0.3) is 0 Å². The lowest BCUT2D eigenvalue weighted by atomic mass is 9.92. The van der Waals surface area contributed by atoms with Crippen molar-refractivity contribution in [3.63, 3.8) is 0 Å². The first kappa shape index (κ1) is 10.6. The normalized spacial score (nSPS) is 17.8. The lowest BCUT2D eigenvalue weighted by Gasteiger charge is -2.12. The van der Waals surface area contributed by atoms with Crippen LogP contribution in [0.4, 0.5) is 5.69 Å². The van der Waals surface area contributed by atoms with E-state index in [4.69, 9.17) is 4.99 Å². The minimum absolute atomic E-state index is 1.16. The molecule has 1 aliphatic heterocycles. The van der Waals surface area contributed by atoms with Gasteiger partial charge >= 0.3 is 0 Å². The molecule has 0 radical (unpaired) electrons. The highest BCUT2D eigenvalue weighted by atomic mass is 14.8. The van der Waals surface area contributed by atoms with Crippen LogP contribution in [0.5, 0.6) is 0 Å². The van der Waals surface area contributed by atoms with E-state index in [2.05, 4.69) is 42.5 Å². The Labute approximate surface area is 118 Å². The van der Waals surface area contributed by atoms with Gasteiger partial charge in [-0.3, -0.25) is 4.99 Å². The molecule has 20 heavy (non-hydrogen) atoms. The average Bonchev–Trinajstić information content (AvgIpc) is 3.02. The van der Waals surface area contributed by atoms with E-state index < -0.39 is 0 Å². The van der Waals surface area contributed by atoms with Crippen LogP contribution in [0.3, 0.4) is 0 Å². The maximum atomic E-state index is 4.87. The molecule has 1 heteroatoms. The van der Waals surface area contributed by atoms with Crippen molar-refractivity contribution >= 4 is 23.0 Å². The van der Waals surface area contributed by atoms with E-state index in [1.807, 2.05) is 0 Å². The number of fused-ring (bicyclic) bond motifs is 5. The van der Waals surface area contributed by atoms with E-state index in [9.17, 15) is 0 Å². The third-order valence-corrected chi connectivity index (χ3v) is 4.75. The van der Waals surface area contributed by atoms with Crippen molar-refractivity contribution in [3.8, 4) is 11.1 Å². The molecule has 2 aliphatic carbocycles. The van der Waals surface area contributed by atoms with Gasteiger partial charge in [0, 0.05) is 10.9 Å². The van der Waals surface area contributed by atoms with E-state index >= 15 is 0 Å².